The molecule has 1 unspecified atom stereocenters. The molecule has 2 heterocycles. The Balaban J connectivity index is 0.00000182. The molecule has 1 atom stereocenters. The lowest BCUT2D eigenvalue weighted by atomic mass is 9.90. The molecule has 0 radical (unpaired) electrons. The maximum atomic E-state index is 14.4. The van der Waals surface area contributed by atoms with Gasteiger partial charge in [0.25, 0.3) is 0 Å². The third-order valence-electron chi connectivity index (χ3n) is 5.21. The summed E-state index contributed by atoms with van der Waals surface area (Å²) in [5.41, 5.74) is 5.77. The predicted molar refractivity (Wildman–Crippen MR) is 109 cm³/mol. The van der Waals surface area contributed by atoms with Crippen LogP contribution < -0.4 is 11.1 Å². The van der Waals surface area contributed by atoms with Crippen LogP contribution in [-0.2, 0) is 9.53 Å². The van der Waals surface area contributed by atoms with E-state index < -0.39 is 5.54 Å². The lowest BCUT2D eigenvalue weighted by Crippen LogP contribution is -2.57. The Labute approximate surface area is 176 Å². The summed E-state index contributed by atoms with van der Waals surface area (Å²) in [6.07, 6.45) is 3.12. The van der Waals surface area contributed by atoms with E-state index in [4.69, 9.17) is 22.1 Å². The average molecular weight is 443 g/mol. The van der Waals surface area contributed by atoms with Crippen molar-refractivity contribution in [3.8, 4) is 0 Å². The second-order valence-corrected chi connectivity index (χ2v) is 7.28. The van der Waals surface area contributed by atoms with Crippen LogP contribution in [0.1, 0.15) is 37.3 Å². The van der Waals surface area contributed by atoms with E-state index >= 15 is 0 Å². The molecule has 5 nitrogen and oxygen atoms in total. The van der Waals surface area contributed by atoms with Crippen molar-refractivity contribution in [2.24, 2.45) is 5.73 Å². The van der Waals surface area contributed by atoms with Crippen molar-refractivity contribution in [1.29, 1.82) is 0 Å². The van der Waals surface area contributed by atoms with Gasteiger partial charge in [0.2, 0.25) is 5.91 Å². The fourth-order valence-electron chi connectivity index (χ4n) is 3.62. The molecule has 0 aromatic heterocycles. The van der Waals surface area contributed by atoms with Crippen LogP contribution in [0.3, 0.4) is 0 Å². The lowest BCUT2D eigenvalue weighted by molar-refractivity contribution is -0.130. The lowest BCUT2D eigenvalue weighted by Gasteiger charge is -2.34. The molecule has 0 spiro atoms. The van der Waals surface area contributed by atoms with Crippen LogP contribution in [0.4, 0.5) is 4.39 Å². The smallest absolute Gasteiger partial charge is 0.240 e. The van der Waals surface area contributed by atoms with E-state index in [1.807, 2.05) is 0 Å². The molecule has 2 saturated heterocycles. The van der Waals surface area contributed by atoms with E-state index in [0.29, 0.717) is 43.2 Å². The van der Waals surface area contributed by atoms with Gasteiger partial charge >= 0.3 is 0 Å². The largest absolute Gasteiger partial charge is 0.381 e. The number of benzene rings is 1. The standard InChI is InChI=1S/C18H25ClFN3O2.2ClH/c19-13-4-3-5-14(20)16(13)15(23-8-1-2-9-23)12-22-17(24)18(21)6-10-25-11-7-18;;/h3-5,15H,1-2,6-12,21H2,(H,22,24);2*1H. The normalized spacial score (nSPS) is 20.3. The highest BCUT2D eigenvalue weighted by Gasteiger charge is 2.37. The number of ether oxygens (including phenoxy) is 1. The van der Waals surface area contributed by atoms with E-state index in [0.717, 1.165) is 25.9 Å². The van der Waals surface area contributed by atoms with Crippen LogP contribution in [0.15, 0.2) is 18.2 Å². The highest BCUT2D eigenvalue weighted by atomic mass is 35.5. The predicted octanol–water partition coefficient (Wildman–Crippen LogP) is 3.08. The topological polar surface area (TPSA) is 67.6 Å². The van der Waals surface area contributed by atoms with Gasteiger partial charge in [-0.25, -0.2) is 4.39 Å². The number of nitrogens with one attached hydrogen (secondary N) is 1. The molecule has 0 aliphatic carbocycles. The van der Waals surface area contributed by atoms with Crippen molar-refractivity contribution >= 4 is 42.3 Å². The van der Waals surface area contributed by atoms with Crippen LogP contribution in [-0.4, -0.2) is 49.2 Å². The molecule has 27 heavy (non-hydrogen) atoms. The van der Waals surface area contributed by atoms with Crippen molar-refractivity contribution in [2.45, 2.75) is 37.3 Å². The Kier molecular flexibility index (Phi) is 9.75. The van der Waals surface area contributed by atoms with Gasteiger partial charge in [-0.2, -0.15) is 0 Å². The first kappa shape index (κ1) is 24.4. The van der Waals surface area contributed by atoms with Gasteiger partial charge in [-0.1, -0.05) is 17.7 Å². The first-order valence-electron chi connectivity index (χ1n) is 8.84. The summed E-state index contributed by atoms with van der Waals surface area (Å²) in [7, 11) is 0. The molecule has 2 fully saturated rings. The van der Waals surface area contributed by atoms with Gasteiger partial charge in [-0.05, 0) is 50.9 Å². The van der Waals surface area contributed by atoms with Crippen LogP contribution in [0, 0.1) is 5.82 Å². The Bertz CT molecular complexity index is 604. The zero-order chi connectivity index (χ0) is 17.9. The van der Waals surface area contributed by atoms with Crippen LogP contribution in [0.2, 0.25) is 5.02 Å². The van der Waals surface area contributed by atoms with E-state index in [-0.39, 0.29) is 42.6 Å². The van der Waals surface area contributed by atoms with Crippen LogP contribution in [0.5, 0.6) is 0 Å². The molecule has 2 aliphatic heterocycles. The second kappa shape index (κ2) is 10.8. The van der Waals surface area contributed by atoms with Gasteiger partial charge in [0.1, 0.15) is 5.82 Å². The third-order valence-corrected chi connectivity index (χ3v) is 5.54. The van der Waals surface area contributed by atoms with Crippen molar-refractivity contribution in [1.82, 2.24) is 10.2 Å². The number of nitrogens with zero attached hydrogens (tertiary/aromatic N) is 1. The number of amides is 1. The van der Waals surface area contributed by atoms with E-state index in [1.165, 1.54) is 6.07 Å². The monoisotopic (exact) mass is 441 g/mol. The fourth-order valence-corrected chi connectivity index (χ4v) is 3.91. The Morgan fingerprint density at radius 2 is 1.93 bits per heavy atom. The number of rotatable bonds is 5. The zero-order valence-electron chi connectivity index (χ0n) is 15.1. The maximum absolute atomic E-state index is 14.4. The highest BCUT2D eigenvalue weighted by Crippen LogP contribution is 2.32. The minimum atomic E-state index is -0.910. The molecular formula is C18H27Cl3FN3O2. The van der Waals surface area contributed by atoms with Gasteiger partial charge < -0.3 is 15.8 Å². The molecule has 1 aromatic rings. The average Bonchev–Trinajstić information content (AvgIpc) is 3.12. The number of halogens is 4. The van der Waals surface area contributed by atoms with E-state index in [2.05, 4.69) is 10.2 Å². The molecular weight excluding hydrogens is 416 g/mol. The SMILES string of the molecule is Cl.Cl.NC1(C(=O)NCC(c2c(F)cccc2Cl)N2CCCC2)CCOCC1. The molecule has 2 aliphatic rings. The summed E-state index contributed by atoms with van der Waals surface area (Å²) < 4.78 is 19.7. The second-order valence-electron chi connectivity index (χ2n) is 6.87. The zero-order valence-corrected chi connectivity index (χ0v) is 17.5. The summed E-state index contributed by atoms with van der Waals surface area (Å²) >= 11 is 6.27. The summed E-state index contributed by atoms with van der Waals surface area (Å²) in [6, 6.07) is 4.41. The minimum Gasteiger partial charge on any atom is -0.381 e. The van der Waals surface area contributed by atoms with Gasteiger partial charge in [-0.15, -0.1) is 24.8 Å². The van der Waals surface area contributed by atoms with E-state index in [9.17, 15) is 9.18 Å². The van der Waals surface area contributed by atoms with Gasteiger partial charge in [0.15, 0.2) is 0 Å². The van der Waals surface area contributed by atoms with Crippen molar-refractivity contribution in [3.05, 3.63) is 34.6 Å². The number of carbonyl (C=O) groups excluding carboxylic acids is 1. The van der Waals surface area contributed by atoms with E-state index in [1.54, 1.807) is 12.1 Å². The summed E-state index contributed by atoms with van der Waals surface area (Å²) in [5, 5.41) is 3.32. The van der Waals surface area contributed by atoms with Crippen molar-refractivity contribution in [3.63, 3.8) is 0 Å². The first-order valence-corrected chi connectivity index (χ1v) is 9.22. The van der Waals surface area contributed by atoms with Crippen molar-refractivity contribution in [2.75, 3.05) is 32.8 Å². The first-order chi connectivity index (χ1) is 12.0. The van der Waals surface area contributed by atoms with Gasteiger partial charge in [0.05, 0.1) is 11.6 Å². The molecule has 3 rings (SSSR count). The number of likely N-dealkylation sites (tertiary alicyclic amines) is 1. The third kappa shape index (κ3) is 5.68. The number of carbonyl (C=O) groups is 1. The fraction of sp³-hybridized carbons (Fsp3) is 0.611. The molecule has 1 amide bonds. The number of hydrogen-bond acceptors (Lipinski definition) is 4. The van der Waals surface area contributed by atoms with Gasteiger partial charge in [0, 0.05) is 30.3 Å². The number of hydrogen-bond donors (Lipinski definition) is 2. The molecule has 0 saturated carbocycles. The Morgan fingerprint density at radius 1 is 1.30 bits per heavy atom. The van der Waals surface area contributed by atoms with Crippen LogP contribution >= 0.6 is 36.4 Å². The van der Waals surface area contributed by atoms with Crippen molar-refractivity contribution < 1.29 is 13.9 Å². The molecule has 3 N–H and O–H groups in total. The summed E-state index contributed by atoms with van der Waals surface area (Å²) in [6.45, 7) is 3.00. The molecule has 154 valence electrons. The maximum Gasteiger partial charge on any atom is 0.240 e. The molecule has 9 heteroatoms. The quantitative estimate of drug-likeness (QED) is 0.735. The Morgan fingerprint density at radius 3 is 2.52 bits per heavy atom. The molecule has 1 aromatic carbocycles. The highest BCUT2D eigenvalue weighted by molar-refractivity contribution is 6.31. The summed E-state index contributed by atoms with van der Waals surface area (Å²) in [4.78, 5) is 14.8. The molecule has 0 bridgehead atoms. The minimum absolute atomic E-state index is 0. The van der Waals surface area contributed by atoms with Crippen LogP contribution in [0.25, 0.3) is 0 Å². The number of nitrogens with two attached hydrogens (primary N) is 1. The van der Waals surface area contributed by atoms with Gasteiger partial charge in [-0.3, -0.25) is 9.69 Å². The summed E-state index contributed by atoms with van der Waals surface area (Å²) in [5.74, 6) is -0.542. The Hall–Kier alpha value is -0.630.